The number of halogens is 1. The largest absolute Gasteiger partial charge is 0.291 e. The number of carbonyl (C=O) groups is 1. The van der Waals surface area contributed by atoms with Gasteiger partial charge in [0, 0.05) is 6.04 Å². The average Bonchev–Trinajstić information content (AvgIpc) is 2.70. The topological polar surface area (TPSA) is 69.0 Å². The molecule has 1 aromatic heterocycles. The second-order valence-corrected chi connectivity index (χ2v) is 7.81. The third-order valence-corrected chi connectivity index (χ3v) is 5.80. The Bertz CT molecular complexity index is 592. The van der Waals surface area contributed by atoms with Gasteiger partial charge in [-0.2, -0.15) is 5.10 Å². The highest BCUT2D eigenvalue weighted by atomic mass is 35.5. The zero-order chi connectivity index (χ0) is 14.2. The zero-order valence-electron chi connectivity index (χ0n) is 11.0. The number of nitrogens with zero attached hydrogens (tertiary/aromatic N) is 2. The van der Waals surface area contributed by atoms with Gasteiger partial charge in [0.1, 0.15) is 10.9 Å². The molecule has 2 heterocycles. The summed E-state index contributed by atoms with van der Waals surface area (Å²) in [6.45, 7) is 3.74. The summed E-state index contributed by atoms with van der Waals surface area (Å²) in [5.74, 6) is -0.340. The predicted octanol–water partition coefficient (Wildman–Crippen LogP) is 2.27. The maximum atomic E-state index is 12.5. The minimum absolute atomic E-state index is 0.0438. The molecule has 1 aliphatic rings. The second-order valence-electron chi connectivity index (χ2n) is 5.10. The van der Waals surface area contributed by atoms with Crippen molar-refractivity contribution in [2.45, 2.75) is 44.4 Å². The van der Waals surface area contributed by atoms with Crippen LogP contribution in [0.15, 0.2) is 6.20 Å². The Balaban J connectivity index is 2.42. The van der Waals surface area contributed by atoms with Crippen LogP contribution in [0.1, 0.15) is 49.6 Å². The molecule has 0 aromatic carbocycles. The van der Waals surface area contributed by atoms with Crippen LogP contribution < -0.4 is 0 Å². The van der Waals surface area contributed by atoms with Crippen molar-refractivity contribution in [2.24, 2.45) is 0 Å². The normalized spacial score (nSPS) is 22.6. The van der Waals surface area contributed by atoms with E-state index in [-0.39, 0.29) is 22.5 Å². The molecule has 2 rings (SSSR count). The van der Waals surface area contributed by atoms with Gasteiger partial charge in [-0.1, -0.05) is 18.0 Å². The van der Waals surface area contributed by atoms with Gasteiger partial charge >= 0.3 is 0 Å². The van der Waals surface area contributed by atoms with Gasteiger partial charge in [-0.3, -0.25) is 9.48 Å². The molecule has 106 valence electrons. The lowest BCUT2D eigenvalue weighted by molar-refractivity contribution is 0.0969. The van der Waals surface area contributed by atoms with E-state index in [1.165, 1.54) is 10.9 Å². The molecule has 0 radical (unpaired) electrons. The van der Waals surface area contributed by atoms with Crippen molar-refractivity contribution in [1.29, 1.82) is 0 Å². The summed E-state index contributed by atoms with van der Waals surface area (Å²) in [6, 6.07) is -0.0438. The third-order valence-electron chi connectivity index (χ3n) is 3.34. The molecule has 0 bridgehead atoms. The molecule has 0 saturated carbocycles. The van der Waals surface area contributed by atoms with Crippen molar-refractivity contribution < 1.29 is 13.2 Å². The van der Waals surface area contributed by atoms with Gasteiger partial charge in [0.05, 0.1) is 17.0 Å². The number of Topliss-reactive ketones (excluding diaryl/α,β-unsaturated/α-hetero) is 1. The van der Waals surface area contributed by atoms with Gasteiger partial charge in [-0.15, -0.1) is 0 Å². The van der Waals surface area contributed by atoms with Gasteiger partial charge in [-0.05, 0) is 26.7 Å². The van der Waals surface area contributed by atoms with E-state index in [0.717, 1.165) is 6.42 Å². The summed E-state index contributed by atoms with van der Waals surface area (Å²) in [5.41, 5.74) is 0.215. The highest BCUT2D eigenvalue weighted by molar-refractivity contribution is 7.92. The fourth-order valence-electron chi connectivity index (χ4n) is 2.36. The van der Waals surface area contributed by atoms with E-state index in [2.05, 4.69) is 5.10 Å². The van der Waals surface area contributed by atoms with E-state index in [9.17, 15) is 13.2 Å². The van der Waals surface area contributed by atoms with Crippen molar-refractivity contribution in [2.75, 3.05) is 5.75 Å². The number of rotatable bonds is 3. The van der Waals surface area contributed by atoms with E-state index in [1.54, 1.807) is 0 Å². The molecule has 1 saturated heterocycles. The fourth-order valence-corrected chi connectivity index (χ4v) is 4.44. The second kappa shape index (κ2) is 5.25. The van der Waals surface area contributed by atoms with E-state index in [1.807, 2.05) is 13.8 Å². The first-order valence-electron chi connectivity index (χ1n) is 6.33. The number of sulfone groups is 1. The molecule has 5 nitrogen and oxygen atoms in total. The molecule has 19 heavy (non-hydrogen) atoms. The Morgan fingerprint density at radius 3 is 2.74 bits per heavy atom. The Kier molecular flexibility index (Phi) is 4.01. The maximum absolute atomic E-state index is 12.5. The third kappa shape index (κ3) is 2.69. The van der Waals surface area contributed by atoms with Crippen LogP contribution in [0, 0.1) is 0 Å². The standard InChI is InChI=1S/C12H17ClN2O3S/c1-8(2)15-11(9(13)7-14-15)12(16)10-5-3-4-6-19(10,17)18/h7-8,10H,3-6H2,1-2H3. The molecular formula is C12H17ClN2O3S. The highest BCUT2D eigenvalue weighted by Gasteiger charge is 2.37. The Hall–Kier alpha value is -0.880. The SMILES string of the molecule is CC(C)n1ncc(Cl)c1C(=O)C1CCCCS1(=O)=O. The van der Waals surface area contributed by atoms with Crippen LogP contribution in [-0.4, -0.2) is 35.0 Å². The minimum Gasteiger partial charge on any atom is -0.291 e. The molecule has 0 aliphatic carbocycles. The van der Waals surface area contributed by atoms with E-state index in [0.29, 0.717) is 12.8 Å². The average molecular weight is 305 g/mol. The van der Waals surface area contributed by atoms with Crippen LogP contribution in [0.3, 0.4) is 0 Å². The number of hydrogen-bond acceptors (Lipinski definition) is 4. The fraction of sp³-hybridized carbons (Fsp3) is 0.667. The maximum Gasteiger partial charge on any atom is 0.200 e. The molecular weight excluding hydrogens is 288 g/mol. The van der Waals surface area contributed by atoms with Crippen LogP contribution >= 0.6 is 11.6 Å². The molecule has 1 unspecified atom stereocenters. The Morgan fingerprint density at radius 2 is 2.16 bits per heavy atom. The first-order chi connectivity index (χ1) is 8.84. The van der Waals surface area contributed by atoms with Gasteiger partial charge in [-0.25, -0.2) is 8.42 Å². The van der Waals surface area contributed by atoms with Gasteiger partial charge in [0.2, 0.25) is 0 Å². The number of aromatic nitrogens is 2. The molecule has 1 atom stereocenters. The van der Waals surface area contributed by atoms with Crippen LogP contribution in [0.5, 0.6) is 0 Å². The number of ketones is 1. The van der Waals surface area contributed by atoms with Crippen molar-refractivity contribution in [1.82, 2.24) is 9.78 Å². The summed E-state index contributed by atoms with van der Waals surface area (Å²) in [5, 5.41) is 3.30. The van der Waals surface area contributed by atoms with Gasteiger partial charge in [0.25, 0.3) is 0 Å². The first-order valence-corrected chi connectivity index (χ1v) is 8.42. The van der Waals surface area contributed by atoms with Crippen LogP contribution in [0.4, 0.5) is 0 Å². The lowest BCUT2D eigenvalue weighted by Gasteiger charge is -2.22. The lowest BCUT2D eigenvalue weighted by Crippen LogP contribution is -2.36. The van der Waals surface area contributed by atoms with Crippen LogP contribution in [0.25, 0.3) is 0 Å². The van der Waals surface area contributed by atoms with Crippen LogP contribution in [-0.2, 0) is 9.84 Å². The van der Waals surface area contributed by atoms with E-state index >= 15 is 0 Å². The van der Waals surface area contributed by atoms with E-state index in [4.69, 9.17) is 11.6 Å². The summed E-state index contributed by atoms with van der Waals surface area (Å²) in [4.78, 5) is 12.5. The molecule has 0 spiro atoms. The molecule has 1 aromatic rings. The van der Waals surface area contributed by atoms with Gasteiger partial charge < -0.3 is 0 Å². The summed E-state index contributed by atoms with van der Waals surface area (Å²) >= 11 is 6.00. The van der Waals surface area contributed by atoms with Crippen molar-refractivity contribution in [3.8, 4) is 0 Å². The molecule has 0 N–H and O–H groups in total. The van der Waals surface area contributed by atoms with Crippen LogP contribution in [0.2, 0.25) is 5.02 Å². The molecule has 1 fully saturated rings. The molecule has 0 amide bonds. The summed E-state index contributed by atoms with van der Waals surface area (Å²) in [7, 11) is -3.36. The number of carbonyl (C=O) groups excluding carboxylic acids is 1. The highest BCUT2D eigenvalue weighted by Crippen LogP contribution is 2.27. The van der Waals surface area contributed by atoms with E-state index < -0.39 is 20.9 Å². The number of hydrogen-bond donors (Lipinski definition) is 0. The quantitative estimate of drug-likeness (QED) is 0.803. The summed E-state index contributed by atoms with van der Waals surface area (Å²) < 4.78 is 25.5. The van der Waals surface area contributed by atoms with Crippen molar-refractivity contribution in [3.05, 3.63) is 16.9 Å². The minimum atomic E-state index is -3.36. The summed E-state index contributed by atoms with van der Waals surface area (Å²) in [6.07, 6.45) is 3.15. The predicted molar refractivity (Wildman–Crippen MR) is 73.4 cm³/mol. The van der Waals surface area contributed by atoms with Crippen molar-refractivity contribution >= 4 is 27.2 Å². The van der Waals surface area contributed by atoms with Crippen molar-refractivity contribution in [3.63, 3.8) is 0 Å². The molecule has 7 heteroatoms. The Morgan fingerprint density at radius 1 is 1.47 bits per heavy atom. The van der Waals surface area contributed by atoms with Gasteiger partial charge in [0.15, 0.2) is 15.6 Å². The Labute approximate surface area is 117 Å². The smallest absolute Gasteiger partial charge is 0.200 e. The molecule has 1 aliphatic heterocycles. The zero-order valence-corrected chi connectivity index (χ0v) is 12.5. The monoisotopic (exact) mass is 304 g/mol. The first kappa shape index (κ1) is 14.5. The lowest BCUT2D eigenvalue weighted by atomic mass is 10.1.